The minimum Gasteiger partial charge on any atom is -0.310 e. The summed E-state index contributed by atoms with van der Waals surface area (Å²) < 4.78 is 0. The molecule has 0 bridgehead atoms. The van der Waals surface area contributed by atoms with Crippen molar-refractivity contribution in [2.75, 3.05) is 0 Å². The Labute approximate surface area is 132 Å². The van der Waals surface area contributed by atoms with Gasteiger partial charge in [-0.15, -0.1) is 11.8 Å². The molecule has 1 nitrogen and oxygen atoms in total. The molecule has 2 heteroatoms. The third-order valence-electron chi connectivity index (χ3n) is 4.07. The first kappa shape index (κ1) is 14.7. The first-order chi connectivity index (χ1) is 10.2. The quantitative estimate of drug-likeness (QED) is 0.765. The fourth-order valence-corrected chi connectivity index (χ4v) is 3.15. The lowest BCUT2D eigenvalue weighted by molar-refractivity contribution is 0.687. The highest BCUT2D eigenvalue weighted by atomic mass is 32.2. The van der Waals surface area contributed by atoms with Gasteiger partial charge in [0.25, 0.3) is 0 Å². The molecule has 0 aromatic heterocycles. The summed E-state index contributed by atoms with van der Waals surface area (Å²) in [6.07, 6.45) is 2.70. The van der Waals surface area contributed by atoms with E-state index < -0.39 is 0 Å². The molecule has 0 heterocycles. The Hall–Kier alpha value is -1.25. The largest absolute Gasteiger partial charge is 0.310 e. The molecule has 1 N–H and O–H groups in total. The second-order valence-electron chi connectivity index (χ2n) is 6.01. The highest BCUT2D eigenvalue weighted by Crippen LogP contribution is 2.24. The molecule has 0 spiro atoms. The molecule has 1 fully saturated rings. The topological polar surface area (TPSA) is 12.0 Å². The van der Waals surface area contributed by atoms with Gasteiger partial charge in [0.15, 0.2) is 0 Å². The highest BCUT2D eigenvalue weighted by Gasteiger charge is 2.19. The molecule has 0 amide bonds. The fourth-order valence-electron chi connectivity index (χ4n) is 2.31. The van der Waals surface area contributed by atoms with E-state index in [1.54, 1.807) is 0 Å². The number of benzene rings is 2. The molecule has 1 aliphatic carbocycles. The standard InChI is InChI=1S/C19H23NS/c1-14-3-4-17(11-15(14)2)13-21-19-9-5-16(6-10-19)12-20-18-7-8-18/h3-6,9-11,18,20H,7-8,12-13H2,1-2H3. The van der Waals surface area contributed by atoms with Crippen molar-refractivity contribution in [3.63, 3.8) is 0 Å². The zero-order chi connectivity index (χ0) is 14.7. The van der Waals surface area contributed by atoms with Crippen molar-refractivity contribution in [1.82, 2.24) is 5.32 Å². The summed E-state index contributed by atoms with van der Waals surface area (Å²) in [7, 11) is 0. The van der Waals surface area contributed by atoms with E-state index >= 15 is 0 Å². The van der Waals surface area contributed by atoms with E-state index in [0.717, 1.165) is 18.3 Å². The zero-order valence-corrected chi connectivity index (χ0v) is 13.7. The number of hydrogen-bond acceptors (Lipinski definition) is 2. The molecule has 21 heavy (non-hydrogen) atoms. The molecule has 0 aliphatic heterocycles. The minimum absolute atomic E-state index is 0.781. The Kier molecular flexibility index (Phi) is 4.67. The van der Waals surface area contributed by atoms with Crippen LogP contribution >= 0.6 is 11.8 Å². The zero-order valence-electron chi connectivity index (χ0n) is 12.9. The Morgan fingerprint density at radius 1 is 0.952 bits per heavy atom. The van der Waals surface area contributed by atoms with E-state index in [4.69, 9.17) is 0 Å². The van der Waals surface area contributed by atoms with Crippen LogP contribution in [0.5, 0.6) is 0 Å². The lowest BCUT2D eigenvalue weighted by Crippen LogP contribution is -2.14. The number of nitrogens with one attached hydrogen (secondary N) is 1. The maximum Gasteiger partial charge on any atom is 0.0232 e. The summed E-state index contributed by atoms with van der Waals surface area (Å²) in [5.41, 5.74) is 5.55. The van der Waals surface area contributed by atoms with Gasteiger partial charge in [0, 0.05) is 23.2 Å². The number of aryl methyl sites for hydroxylation is 2. The molecule has 3 rings (SSSR count). The van der Waals surface area contributed by atoms with Crippen molar-refractivity contribution < 1.29 is 0 Å². The van der Waals surface area contributed by atoms with Gasteiger partial charge in [-0.2, -0.15) is 0 Å². The van der Waals surface area contributed by atoms with E-state index in [-0.39, 0.29) is 0 Å². The first-order valence-electron chi connectivity index (χ1n) is 7.72. The van der Waals surface area contributed by atoms with Gasteiger partial charge in [-0.3, -0.25) is 0 Å². The first-order valence-corrected chi connectivity index (χ1v) is 8.70. The lowest BCUT2D eigenvalue weighted by atomic mass is 10.1. The minimum atomic E-state index is 0.781. The molecule has 2 aromatic rings. The molecule has 1 aliphatic rings. The molecule has 1 saturated carbocycles. The van der Waals surface area contributed by atoms with E-state index in [9.17, 15) is 0 Å². The lowest BCUT2D eigenvalue weighted by Gasteiger charge is -2.07. The average molecular weight is 297 g/mol. The summed E-state index contributed by atoms with van der Waals surface area (Å²) in [5.74, 6) is 1.04. The molecular formula is C19H23NS. The van der Waals surface area contributed by atoms with Gasteiger partial charge in [-0.25, -0.2) is 0 Å². The maximum absolute atomic E-state index is 3.55. The van der Waals surface area contributed by atoms with Crippen LogP contribution in [0.4, 0.5) is 0 Å². The van der Waals surface area contributed by atoms with Crippen molar-refractivity contribution in [2.45, 2.75) is 49.9 Å². The van der Waals surface area contributed by atoms with Gasteiger partial charge in [-0.05, 0) is 61.1 Å². The number of rotatable bonds is 6. The van der Waals surface area contributed by atoms with E-state index in [1.165, 1.54) is 40.0 Å². The summed E-state index contributed by atoms with van der Waals surface area (Å²) in [6.45, 7) is 5.36. The van der Waals surface area contributed by atoms with Crippen molar-refractivity contribution in [3.8, 4) is 0 Å². The maximum atomic E-state index is 3.55. The van der Waals surface area contributed by atoms with Crippen LogP contribution in [-0.2, 0) is 12.3 Å². The van der Waals surface area contributed by atoms with Crippen molar-refractivity contribution in [1.29, 1.82) is 0 Å². The van der Waals surface area contributed by atoms with E-state index in [1.807, 2.05) is 11.8 Å². The summed E-state index contributed by atoms with van der Waals surface area (Å²) in [6, 6.07) is 16.5. The van der Waals surface area contributed by atoms with Crippen LogP contribution in [0.25, 0.3) is 0 Å². The molecular weight excluding hydrogens is 274 g/mol. The van der Waals surface area contributed by atoms with Gasteiger partial charge in [-0.1, -0.05) is 30.3 Å². The molecule has 0 radical (unpaired) electrons. The summed E-state index contributed by atoms with van der Waals surface area (Å²) >= 11 is 1.91. The van der Waals surface area contributed by atoms with Crippen molar-refractivity contribution in [2.24, 2.45) is 0 Å². The van der Waals surface area contributed by atoms with Crippen molar-refractivity contribution in [3.05, 3.63) is 64.7 Å². The molecule has 0 atom stereocenters. The second kappa shape index (κ2) is 6.67. The predicted molar refractivity (Wildman–Crippen MR) is 91.8 cm³/mol. The summed E-state index contributed by atoms with van der Waals surface area (Å²) in [4.78, 5) is 1.35. The molecule has 0 saturated heterocycles. The second-order valence-corrected chi connectivity index (χ2v) is 7.06. The third kappa shape index (κ3) is 4.36. The van der Waals surface area contributed by atoms with Crippen LogP contribution in [0.2, 0.25) is 0 Å². The number of hydrogen-bond donors (Lipinski definition) is 1. The SMILES string of the molecule is Cc1ccc(CSc2ccc(CNC3CC3)cc2)cc1C. The Morgan fingerprint density at radius 3 is 2.33 bits per heavy atom. The fraction of sp³-hybridized carbons (Fsp3) is 0.368. The Bertz CT molecular complexity index is 599. The monoisotopic (exact) mass is 297 g/mol. The average Bonchev–Trinajstić information content (AvgIpc) is 3.32. The molecule has 0 unspecified atom stereocenters. The predicted octanol–water partition coefficient (Wildman–Crippen LogP) is 4.85. The third-order valence-corrected chi connectivity index (χ3v) is 5.16. The Morgan fingerprint density at radius 2 is 1.67 bits per heavy atom. The molecule has 110 valence electrons. The normalized spacial score (nSPS) is 14.4. The van der Waals surface area contributed by atoms with E-state index in [0.29, 0.717) is 0 Å². The van der Waals surface area contributed by atoms with Crippen LogP contribution in [-0.4, -0.2) is 6.04 Å². The molecule has 2 aromatic carbocycles. The number of thioether (sulfide) groups is 1. The van der Waals surface area contributed by atoms with Gasteiger partial charge in [0.05, 0.1) is 0 Å². The highest BCUT2D eigenvalue weighted by molar-refractivity contribution is 7.98. The smallest absolute Gasteiger partial charge is 0.0232 e. The van der Waals surface area contributed by atoms with Gasteiger partial charge >= 0.3 is 0 Å². The van der Waals surface area contributed by atoms with Crippen LogP contribution in [0.1, 0.15) is 35.1 Å². The van der Waals surface area contributed by atoms with Crippen LogP contribution < -0.4 is 5.32 Å². The van der Waals surface area contributed by atoms with Crippen molar-refractivity contribution >= 4 is 11.8 Å². The summed E-state index contributed by atoms with van der Waals surface area (Å²) in [5, 5.41) is 3.55. The van der Waals surface area contributed by atoms with Crippen LogP contribution in [0.15, 0.2) is 47.4 Å². The van der Waals surface area contributed by atoms with Gasteiger partial charge < -0.3 is 5.32 Å². The van der Waals surface area contributed by atoms with Gasteiger partial charge in [0.1, 0.15) is 0 Å². The Balaban J connectivity index is 1.53. The van der Waals surface area contributed by atoms with Gasteiger partial charge in [0.2, 0.25) is 0 Å². The van der Waals surface area contributed by atoms with Crippen LogP contribution in [0.3, 0.4) is 0 Å². The van der Waals surface area contributed by atoms with Crippen LogP contribution in [0, 0.1) is 13.8 Å². The van der Waals surface area contributed by atoms with E-state index in [2.05, 4.69) is 61.6 Å².